The van der Waals surface area contributed by atoms with Crippen LogP contribution < -0.4 is 0 Å². The summed E-state index contributed by atoms with van der Waals surface area (Å²) in [6, 6.07) is 2.26. The number of alkyl halides is 3. The van der Waals surface area contributed by atoms with E-state index in [1.165, 1.54) is 6.07 Å². The van der Waals surface area contributed by atoms with Crippen LogP contribution in [0.15, 0.2) is 16.6 Å². The predicted octanol–water partition coefficient (Wildman–Crippen LogP) is 3.98. The molecule has 5 heteroatoms. The van der Waals surface area contributed by atoms with Gasteiger partial charge in [-0.3, -0.25) is 4.79 Å². The molecule has 0 amide bonds. The van der Waals surface area contributed by atoms with Crippen LogP contribution in [0.1, 0.15) is 28.4 Å². The number of hydrogen-bond donors (Lipinski definition) is 0. The number of rotatable bonds is 1. The van der Waals surface area contributed by atoms with E-state index >= 15 is 0 Å². The average molecular weight is 281 g/mol. The summed E-state index contributed by atoms with van der Waals surface area (Å²) in [5.74, 6) is -0.599. The molecule has 0 aliphatic heterocycles. The van der Waals surface area contributed by atoms with Crippen LogP contribution in [-0.2, 0) is 6.18 Å². The fraction of sp³-hybridized carbons (Fsp3) is 0.300. The molecule has 0 fully saturated rings. The van der Waals surface area contributed by atoms with E-state index in [1.807, 2.05) is 0 Å². The Labute approximate surface area is 93.4 Å². The molecule has 15 heavy (non-hydrogen) atoms. The SMILES string of the molecule is CC(=O)c1c(C(F)(F)F)ccc(C)c1Br. The molecular formula is C10H8BrF3O. The van der Waals surface area contributed by atoms with Crippen molar-refractivity contribution >= 4 is 21.7 Å². The lowest BCUT2D eigenvalue weighted by Gasteiger charge is -2.13. The van der Waals surface area contributed by atoms with Gasteiger partial charge in [-0.25, -0.2) is 0 Å². The molecule has 0 unspecified atom stereocenters. The summed E-state index contributed by atoms with van der Waals surface area (Å²) >= 11 is 3.00. The number of carbonyl (C=O) groups is 1. The van der Waals surface area contributed by atoms with Crippen molar-refractivity contribution in [2.45, 2.75) is 20.0 Å². The van der Waals surface area contributed by atoms with Gasteiger partial charge in [0, 0.05) is 10.0 Å². The number of aryl methyl sites for hydroxylation is 1. The Kier molecular flexibility index (Phi) is 3.23. The maximum absolute atomic E-state index is 12.5. The summed E-state index contributed by atoms with van der Waals surface area (Å²) in [5.41, 5.74) is -0.594. The lowest BCUT2D eigenvalue weighted by molar-refractivity contribution is -0.137. The van der Waals surface area contributed by atoms with Gasteiger partial charge in [-0.2, -0.15) is 13.2 Å². The number of benzene rings is 1. The van der Waals surface area contributed by atoms with E-state index in [0.717, 1.165) is 13.0 Å². The Morgan fingerprint density at radius 1 is 1.33 bits per heavy atom. The Balaban J connectivity index is 3.55. The third-order valence-corrected chi connectivity index (χ3v) is 3.01. The molecule has 0 atom stereocenters. The number of ketones is 1. The molecule has 1 nitrogen and oxygen atoms in total. The maximum atomic E-state index is 12.5. The van der Waals surface area contributed by atoms with Gasteiger partial charge in [0.1, 0.15) is 0 Å². The quantitative estimate of drug-likeness (QED) is 0.711. The maximum Gasteiger partial charge on any atom is 0.417 e. The van der Waals surface area contributed by atoms with Gasteiger partial charge in [-0.1, -0.05) is 6.07 Å². The van der Waals surface area contributed by atoms with Gasteiger partial charge in [0.2, 0.25) is 0 Å². The number of Topliss-reactive ketones (excluding diaryl/α,β-unsaturated/α-hetero) is 1. The Bertz CT molecular complexity index is 410. The first-order chi connectivity index (χ1) is 6.75. The third kappa shape index (κ3) is 2.40. The van der Waals surface area contributed by atoms with Crippen LogP contribution in [0.4, 0.5) is 13.2 Å². The Morgan fingerprint density at radius 3 is 2.27 bits per heavy atom. The molecule has 0 saturated carbocycles. The van der Waals surface area contributed by atoms with Gasteiger partial charge < -0.3 is 0 Å². The second-order valence-corrected chi connectivity index (χ2v) is 3.97. The van der Waals surface area contributed by atoms with E-state index in [2.05, 4.69) is 15.9 Å². The Hall–Kier alpha value is -0.840. The minimum Gasteiger partial charge on any atom is -0.294 e. The average Bonchev–Trinajstić information content (AvgIpc) is 2.06. The standard InChI is InChI=1S/C10H8BrF3O/c1-5-3-4-7(10(12,13)14)8(6(2)15)9(5)11/h3-4H,1-2H3. The lowest BCUT2D eigenvalue weighted by Crippen LogP contribution is -2.12. The van der Waals surface area contributed by atoms with Crippen molar-refractivity contribution in [2.75, 3.05) is 0 Å². The first kappa shape index (κ1) is 12.2. The van der Waals surface area contributed by atoms with Crippen molar-refractivity contribution in [3.8, 4) is 0 Å². The van der Waals surface area contributed by atoms with E-state index in [-0.39, 0.29) is 10.0 Å². The van der Waals surface area contributed by atoms with Gasteiger partial charge in [-0.15, -0.1) is 0 Å². The van der Waals surface area contributed by atoms with Crippen LogP contribution in [0, 0.1) is 6.92 Å². The van der Waals surface area contributed by atoms with Gasteiger partial charge in [-0.05, 0) is 41.4 Å². The molecule has 0 N–H and O–H groups in total. The fourth-order valence-corrected chi connectivity index (χ4v) is 1.89. The van der Waals surface area contributed by atoms with Crippen LogP contribution in [0.25, 0.3) is 0 Å². The number of carbonyl (C=O) groups excluding carboxylic acids is 1. The van der Waals surface area contributed by atoms with Crippen molar-refractivity contribution in [3.63, 3.8) is 0 Å². The highest BCUT2D eigenvalue weighted by Crippen LogP contribution is 2.36. The minimum absolute atomic E-state index is 0.213. The van der Waals surface area contributed by atoms with Gasteiger partial charge in [0.15, 0.2) is 5.78 Å². The first-order valence-electron chi connectivity index (χ1n) is 4.12. The fourth-order valence-electron chi connectivity index (χ4n) is 1.26. The molecule has 0 heterocycles. The van der Waals surface area contributed by atoms with Crippen LogP contribution in [0.5, 0.6) is 0 Å². The van der Waals surface area contributed by atoms with Crippen LogP contribution in [0.2, 0.25) is 0 Å². The van der Waals surface area contributed by atoms with Crippen molar-refractivity contribution < 1.29 is 18.0 Å². The van der Waals surface area contributed by atoms with Crippen molar-refractivity contribution in [1.29, 1.82) is 0 Å². The first-order valence-corrected chi connectivity index (χ1v) is 4.91. The summed E-state index contributed by atoms with van der Waals surface area (Å²) in [6.45, 7) is 2.76. The summed E-state index contributed by atoms with van der Waals surface area (Å²) in [6.07, 6.45) is -4.50. The highest BCUT2D eigenvalue weighted by atomic mass is 79.9. The molecule has 0 aliphatic carbocycles. The van der Waals surface area contributed by atoms with Gasteiger partial charge in [0.05, 0.1) is 5.56 Å². The van der Waals surface area contributed by atoms with Crippen LogP contribution >= 0.6 is 15.9 Å². The van der Waals surface area contributed by atoms with E-state index in [4.69, 9.17) is 0 Å². The zero-order valence-electron chi connectivity index (χ0n) is 8.07. The smallest absolute Gasteiger partial charge is 0.294 e. The van der Waals surface area contributed by atoms with Crippen molar-refractivity contribution in [3.05, 3.63) is 33.3 Å². The minimum atomic E-state index is -4.50. The molecular weight excluding hydrogens is 273 g/mol. The summed E-state index contributed by atoms with van der Waals surface area (Å²) < 4.78 is 37.9. The lowest BCUT2D eigenvalue weighted by atomic mass is 10.0. The molecule has 1 aromatic carbocycles. The predicted molar refractivity (Wildman–Crippen MR) is 53.9 cm³/mol. The zero-order valence-corrected chi connectivity index (χ0v) is 9.66. The monoisotopic (exact) mass is 280 g/mol. The van der Waals surface area contributed by atoms with Crippen molar-refractivity contribution in [1.82, 2.24) is 0 Å². The van der Waals surface area contributed by atoms with Crippen molar-refractivity contribution in [2.24, 2.45) is 0 Å². The second-order valence-electron chi connectivity index (χ2n) is 3.17. The summed E-state index contributed by atoms with van der Waals surface area (Å²) in [5, 5.41) is 0. The molecule has 0 saturated heterocycles. The molecule has 0 aromatic heterocycles. The molecule has 1 rings (SSSR count). The van der Waals surface area contributed by atoms with Gasteiger partial charge >= 0.3 is 6.18 Å². The topological polar surface area (TPSA) is 17.1 Å². The van der Waals surface area contributed by atoms with E-state index in [9.17, 15) is 18.0 Å². The van der Waals surface area contributed by atoms with Gasteiger partial charge in [0.25, 0.3) is 0 Å². The number of hydrogen-bond acceptors (Lipinski definition) is 1. The second kappa shape index (κ2) is 3.96. The summed E-state index contributed by atoms with van der Waals surface area (Å²) in [7, 11) is 0. The molecule has 82 valence electrons. The molecule has 0 spiro atoms. The third-order valence-electron chi connectivity index (χ3n) is 1.99. The largest absolute Gasteiger partial charge is 0.417 e. The van der Waals surface area contributed by atoms with E-state index in [1.54, 1.807) is 6.92 Å². The van der Waals surface area contributed by atoms with Crippen LogP contribution in [0.3, 0.4) is 0 Å². The molecule has 0 aliphatic rings. The summed E-state index contributed by atoms with van der Waals surface area (Å²) in [4.78, 5) is 11.2. The molecule has 0 radical (unpaired) electrons. The normalized spacial score (nSPS) is 11.6. The van der Waals surface area contributed by atoms with Crippen LogP contribution in [-0.4, -0.2) is 5.78 Å². The highest BCUT2D eigenvalue weighted by molar-refractivity contribution is 9.10. The highest BCUT2D eigenvalue weighted by Gasteiger charge is 2.35. The van der Waals surface area contributed by atoms with E-state index < -0.39 is 17.5 Å². The van der Waals surface area contributed by atoms with E-state index in [0.29, 0.717) is 5.56 Å². The zero-order chi connectivity index (χ0) is 11.8. The molecule has 1 aromatic rings. The molecule has 0 bridgehead atoms. The number of halogens is 4. The Morgan fingerprint density at radius 2 is 1.87 bits per heavy atom.